The number of rotatable bonds is 6. The van der Waals surface area contributed by atoms with Crippen molar-refractivity contribution >= 4 is 5.97 Å². The van der Waals surface area contributed by atoms with Crippen LogP contribution in [0.15, 0.2) is 0 Å². The Labute approximate surface area is 101 Å². The predicted molar refractivity (Wildman–Crippen MR) is 61.8 cm³/mol. The molecule has 0 aromatic carbocycles. The number of nitrogens with zero attached hydrogens (tertiary/aromatic N) is 1. The highest BCUT2D eigenvalue weighted by Crippen LogP contribution is 2.41. The molecule has 0 spiro atoms. The van der Waals surface area contributed by atoms with Crippen LogP contribution in [0.3, 0.4) is 0 Å². The van der Waals surface area contributed by atoms with E-state index in [1.54, 1.807) is 0 Å². The Balaban J connectivity index is 1.88. The molecule has 2 N–H and O–H groups in total. The molecule has 2 saturated heterocycles. The molecule has 4 atom stereocenters. The van der Waals surface area contributed by atoms with Gasteiger partial charge in [0.15, 0.2) is 0 Å². The highest BCUT2D eigenvalue weighted by atomic mass is 16.5. The van der Waals surface area contributed by atoms with Gasteiger partial charge in [-0.2, -0.15) is 0 Å². The summed E-state index contributed by atoms with van der Waals surface area (Å²) in [5.74, 6) is -0.936. The summed E-state index contributed by atoms with van der Waals surface area (Å²) in [4.78, 5) is 13.3. The zero-order chi connectivity index (χ0) is 12.4. The van der Waals surface area contributed by atoms with Gasteiger partial charge in [0.1, 0.15) is 0 Å². The van der Waals surface area contributed by atoms with Gasteiger partial charge in [-0.25, -0.2) is 0 Å². The number of aliphatic carboxylic acids is 1. The van der Waals surface area contributed by atoms with Crippen molar-refractivity contribution in [3.8, 4) is 0 Å². The number of hydrogen-bond acceptors (Lipinski definition) is 4. The lowest BCUT2D eigenvalue weighted by molar-refractivity contribution is -0.142. The molecule has 5 heteroatoms. The molecule has 0 saturated carbocycles. The number of carbonyl (C=O) groups is 1. The summed E-state index contributed by atoms with van der Waals surface area (Å²) in [6.45, 7) is 3.37. The fourth-order valence-corrected chi connectivity index (χ4v) is 3.20. The summed E-state index contributed by atoms with van der Waals surface area (Å²) < 4.78 is 5.18. The molecule has 2 heterocycles. The Hall–Kier alpha value is -0.650. The maximum absolute atomic E-state index is 11.1. The monoisotopic (exact) mass is 243 g/mol. The Morgan fingerprint density at radius 1 is 1.53 bits per heavy atom. The SMILES string of the molecule is CCOCC(O)CN1C2CCC1C(C(=O)O)C2. The van der Waals surface area contributed by atoms with Crippen LogP contribution < -0.4 is 0 Å². The number of carboxylic acid groups (broad SMARTS) is 1. The van der Waals surface area contributed by atoms with E-state index in [1.807, 2.05) is 6.92 Å². The molecule has 2 aliphatic heterocycles. The third kappa shape index (κ3) is 2.61. The lowest BCUT2D eigenvalue weighted by Gasteiger charge is -2.25. The molecular weight excluding hydrogens is 222 g/mol. The molecule has 98 valence electrons. The van der Waals surface area contributed by atoms with Gasteiger partial charge in [0.05, 0.1) is 18.6 Å². The second kappa shape index (κ2) is 5.33. The zero-order valence-corrected chi connectivity index (χ0v) is 10.2. The standard InChI is InChI=1S/C12H21NO4/c1-2-17-7-9(14)6-13-8-3-4-11(13)10(5-8)12(15)16/h8-11,14H,2-7H2,1H3,(H,15,16). The molecule has 17 heavy (non-hydrogen) atoms. The Bertz CT molecular complexity index is 284. The zero-order valence-electron chi connectivity index (χ0n) is 10.2. The quantitative estimate of drug-likeness (QED) is 0.703. The summed E-state index contributed by atoms with van der Waals surface area (Å²) in [6, 6.07) is 0.464. The van der Waals surface area contributed by atoms with Gasteiger partial charge in [0.25, 0.3) is 0 Å². The molecule has 0 amide bonds. The largest absolute Gasteiger partial charge is 0.481 e. The van der Waals surface area contributed by atoms with E-state index < -0.39 is 12.1 Å². The normalized spacial score (nSPS) is 34.1. The third-order valence-corrected chi connectivity index (χ3v) is 3.93. The first-order chi connectivity index (χ1) is 8.13. The van der Waals surface area contributed by atoms with Gasteiger partial charge < -0.3 is 14.9 Å². The number of aliphatic hydroxyl groups excluding tert-OH is 1. The van der Waals surface area contributed by atoms with Crippen molar-refractivity contribution in [2.75, 3.05) is 19.8 Å². The first-order valence-electron chi connectivity index (χ1n) is 6.37. The lowest BCUT2D eigenvalue weighted by Crippen LogP contribution is -2.39. The minimum Gasteiger partial charge on any atom is -0.481 e. The van der Waals surface area contributed by atoms with E-state index in [1.165, 1.54) is 0 Å². The highest BCUT2D eigenvalue weighted by molar-refractivity contribution is 5.71. The second-order valence-corrected chi connectivity index (χ2v) is 4.99. The van der Waals surface area contributed by atoms with Crippen molar-refractivity contribution in [2.24, 2.45) is 5.92 Å². The summed E-state index contributed by atoms with van der Waals surface area (Å²) in [6.07, 6.45) is 2.24. The first-order valence-corrected chi connectivity index (χ1v) is 6.37. The summed E-state index contributed by atoms with van der Waals surface area (Å²) in [5, 5.41) is 18.9. The molecule has 2 rings (SSSR count). The molecule has 0 aromatic heterocycles. The van der Waals surface area contributed by atoms with Crippen LogP contribution in [0.2, 0.25) is 0 Å². The fourth-order valence-electron chi connectivity index (χ4n) is 3.20. The molecule has 0 aliphatic carbocycles. The van der Waals surface area contributed by atoms with Crippen LogP contribution in [0.5, 0.6) is 0 Å². The van der Waals surface area contributed by atoms with Crippen LogP contribution in [0.1, 0.15) is 26.2 Å². The Morgan fingerprint density at radius 2 is 2.29 bits per heavy atom. The maximum atomic E-state index is 11.1. The van der Waals surface area contributed by atoms with E-state index in [9.17, 15) is 9.90 Å². The van der Waals surface area contributed by atoms with Crippen molar-refractivity contribution in [3.63, 3.8) is 0 Å². The molecule has 2 fully saturated rings. The van der Waals surface area contributed by atoms with E-state index in [2.05, 4.69) is 4.90 Å². The second-order valence-electron chi connectivity index (χ2n) is 4.99. The van der Waals surface area contributed by atoms with Crippen molar-refractivity contribution in [1.82, 2.24) is 4.90 Å². The van der Waals surface area contributed by atoms with E-state index in [-0.39, 0.29) is 12.0 Å². The van der Waals surface area contributed by atoms with Crippen LogP contribution in [-0.2, 0) is 9.53 Å². The molecule has 4 unspecified atom stereocenters. The van der Waals surface area contributed by atoms with Gasteiger partial charge >= 0.3 is 5.97 Å². The number of aliphatic hydroxyl groups is 1. The molecule has 0 aromatic rings. The van der Waals surface area contributed by atoms with Crippen LogP contribution in [0, 0.1) is 5.92 Å². The van der Waals surface area contributed by atoms with Crippen molar-refractivity contribution in [1.29, 1.82) is 0 Å². The fraction of sp³-hybridized carbons (Fsp3) is 0.917. The highest BCUT2D eigenvalue weighted by Gasteiger charge is 2.49. The molecular formula is C12H21NO4. The van der Waals surface area contributed by atoms with Crippen LogP contribution in [0.4, 0.5) is 0 Å². The number of fused-ring (bicyclic) bond motifs is 2. The lowest BCUT2D eigenvalue weighted by atomic mass is 9.89. The van der Waals surface area contributed by atoms with Gasteiger partial charge in [-0.3, -0.25) is 9.69 Å². The summed E-state index contributed by atoms with van der Waals surface area (Å²) >= 11 is 0. The summed E-state index contributed by atoms with van der Waals surface area (Å²) in [7, 11) is 0. The van der Waals surface area contributed by atoms with Crippen molar-refractivity contribution < 1.29 is 19.7 Å². The molecule has 5 nitrogen and oxygen atoms in total. The van der Waals surface area contributed by atoms with Gasteiger partial charge in [0, 0.05) is 25.2 Å². The average Bonchev–Trinajstić information content (AvgIpc) is 2.83. The van der Waals surface area contributed by atoms with E-state index in [0.717, 1.165) is 19.3 Å². The minimum absolute atomic E-state index is 0.119. The van der Waals surface area contributed by atoms with Crippen molar-refractivity contribution in [2.45, 2.75) is 44.4 Å². The van der Waals surface area contributed by atoms with Crippen LogP contribution in [-0.4, -0.2) is 59.0 Å². The first kappa shape index (κ1) is 12.8. The van der Waals surface area contributed by atoms with Crippen LogP contribution >= 0.6 is 0 Å². The van der Waals surface area contributed by atoms with Gasteiger partial charge in [-0.1, -0.05) is 0 Å². The predicted octanol–water partition coefficient (Wildman–Crippen LogP) is 0.321. The Kier molecular flexibility index (Phi) is 4.01. The van der Waals surface area contributed by atoms with E-state index >= 15 is 0 Å². The average molecular weight is 243 g/mol. The third-order valence-electron chi connectivity index (χ3n) is 3.93. The van der Waals surface area contributed by atoms with Gasteiger partial charge in [-0.05, 0) is 26.2 Å². The molecule has 2 bridgehead atoms. The topological polar surface area (TPSA) is 70.0 Å². The molecule has 2 aliphatic rings. The summed E-state index contributed by atoms with van der Waals surface area (Å²) in [5.41, 5.74) is 0. The van der Waals surface area contributed by atoms with Crippen LogP contribution in [0.25, 0.3) is 0 Å². The van der Waals surface area contributed by atoms with Crippen molar-refractivity contribution in [3.05, 3.63) is 0 Å². The number of carboxylic acids is 1. The maximum Gasteiger partial charge on any atom is 0.308 e. The molecule has 0 radical (unpaired) electrons. The van der Waals surface area contributed by atoms with E-state index in [0.29, 0.717) is 25.8 Å². The van der Waals surface area contributed by atoms with Gasteiger partial charge in [-0.15, -0.1) is 0 Å². The number of ether oxygens (including phenoxy) is 1. The Morgan fingerprint density at radius 3 is 2.88 bits per heavy atom. The van der Waals surface area contributed by atoms with Gasteiger partial charge in [0.2, 0.25) is 0 Å². The smallest absolute Gasteiger partial charge is 0.308 e. The minimum atomic E-state index is -0.693. The van der Waals surface area contributed by atoms with E-state index in [4.69, 9.17) is 9.84 Å². The number of hydrogen-bond donors (Lipinski definition) is 2.